The Balaban J connectivity index is 3.89. The van der Waals surface area contributed by atoms with Gasteiger partial charge in [0.05, 0.1) is 5.92 Å². The number of alkyl carbamates (subject to hydrolysis) is 1. The quantitative estimate of drug-likeness (QED) is 0.545. The Hall–Kier alpha value is -1.30. The molecule has 0 rings (SSSR count). The van der Waals surface area contributed by atoms with E-state index in [-0.39, 0.29) is 17.9 Å². The Morgan fingerprint density at radius 3 is 2.26 bits per heavy atom. The lowest BCUT2D eigenvalue weighted by Gasteiger charge is -2.21. The Bertz CT molecular complexity index is 301. The number of aliphatic hydroxyl groups excluding tert-OH is 1. The molecular formula is C13H25NO5. The highest BCUT2D eigenvalue weighted by atomic mass is 16.7. The van der Waals surface area contributed by atoms with Crippen LogP contribution in [0.1, 0.15) is 41.0 Å². The van der Waals surface area contributed by atoms with Gasteiger partial charge in [0.25, 0.3) is 0 Å². The van der Waals surface area contributed by atoms with Gasteiger partial charge >= 0.3 is 12.1 Å². The molecule has 0 aliphatic heterocycles. The van der Waals surface area contributed by atoms with Crippen LogP contribution < -0.4 is 5.32 Å². The van der Waals surface area contributed by atoms with Crippen molar-refractivity contribution in [3.63, 3.8) is 0 Å². The van der Waals surface area contributed by atoms with E-state index in [9.17, 15) is 9.59 Å². The van der Waals surface area contributed by atoms with E-state index in [0.29, 0.717) is 13.0 Å². The van der Waals surface area contributed by atoms with Gasteiger partial charge < -0.3 is 19.9 Å². The van der Waals surface area contributed by atoms with Gasteiger partial charge in [-0.25, -0.2) is 4.79 Å². The van der Waals surface area contributed by atoms with E-state index < -0.39 is 18.4 Å². The third-order valence-corrected chi connectivity index (χ3v) is 2.53. The number of esters is 1. The first-order valence-corrected chi connectivity index (χ1v) is 6.44. The molecule has 0 aliphatic rings. The lowest BCUT2D eigenvalue weighted by atomic mass is 9.91. The van der Waals surface area contributed by atoms with E-state index in [1.54, 1.807) is 13.8 Å². The summed E-state index contributed by atoms with van der Waals surface area (Å²) in [5.41, 5.74) is -0.247. The highest BCUT2D eigenvalue weighted by Gasteiger charge is 2.18. The summed E-state index contributed by atoms with van der Waals surface area (Å²) in [4.78, 5) is 22.6. The summed E-state index contributed by atoms with van der Waals surface area (Å²) >= 11 is 0. The van der Waals surface area contributed by atoms with Crippen molar-refractivity contribution >= 4 is 12.1 Å². The molecule has 0 aromatic heterocycles. The van der Waals surface area contributed by atoms with Crippen LogP contribution in [-0.2, 0) is 14.3 Å². The summed E-state index contributed by atoms with van der Waals surface area (Å²) in [6, 6.07) is 0. The molecule has 1 unspecified atom stereocenters. The minimum atomic E-state index is -0.916. The van der Waals surface area contributed by atoms with Gasteiger partial charge in [-0.2, -0.15) is 0 Å². The zero-order chi connectivity index (χ0) is 15.1. The number of nitrogens with one attached hydrogen (secondary N) is 1. The molecule has 1 amide bonds. The summed E-state index contributed by atoms with van der Waals surface area (Å²) < 4.78 is 9.75. The molecule has 0 aliphatic carbocycles. The van der Waals surface area contributed by atoms with Crippen LogP contribution in [0.5, 0.6) is 0 Å². The van der Waals surface area contributed by atoms with Crippen LogP contribution in [0.3, 0.4) is 0 Å². The van der Waals surface area contributed by atoms with Crippen molar-refractivity contribution in [3.8, 4) is 0 Å². The third kappa shape index (κ3) is 8.42. The Kier molecular flexibility index (Phi) is 7.44. The van der Waals surface area contributed by atoms with E-state index in [4.69, 9.17) is 14.6 Å². The fourth-order valence-corrected chi connectivity index (χ4v) is 1.10. The molecule has 6 heteroatoms. The standard InChI is InChI=1S/C13H25NO5/c1-9(2)11(16)18-10(3)19-12(17)14-7-6-13(4,5)8-15/h9-10,15H,6-8H2,1-5H3,(H,14,17). The van der Waals surface area contributed by atoms with Crippen LogP contribution in [0.4, 0.5) is 4.79 Å². The van der Waals surface area contributed by atoms with Crippen LogP contribution in [0.2, 0.25) is 0 Å². The molecule has 0 heterocycles. The van der Waals surface area contributed by atoms with Gasteiger partial charge in [0, 0.05) is 20.1 Å². The second-order valence-electron chi connectivity index (χ2n) is 5.56. The molecule has 0 bridgehead atoms. The Morgan fingerprint density at radius 1 is 1.21 bits per heavy atom. The van der Waals surface area contributed by atoms with Gasteiger partial charge in [0.1, 0.15) is 0 Å². The van der Waals surface area contributed by atoms with Crippen LogP contribution in [-0.4, -0.2) is 36.6 Å². The smallest absolute Gasteiger partial charge is 0.410 e. The molecule has 112 valence electrons. The summed E-state index contributed by atoms with van der Waals surface area (Å²) in [5, 5.41) is 11.6. The average Bonchev–Trinajstić information content (AvgIpc) is 2.28. The van der Waals surface area contributed by atoms with Crippen LogP contribution in [0.15, 0.2) is 0 Å². The van der Waals surface area contributed by atoms with Crippen molar-refractivity contribution in [2.24, 2.45) is 11.3 Å². The van der Waals surface area contributed by atoms with Gasteiger partial charge in [-0.05, 0) is 11.8 Å². The predicted octanol–water partition coefficient (Wildman–Crippen LogP) is 1.67. The van der Waals surface area contributed by atoms with Crippen LogP contribution in [0.25, 0.3) is 0 Å². The maximum absolute atomic E-state index is 11.4. The van der Waals surface area contributed by atoms with Crippen LogP contribution in [0, 0.1) is 11.3 Å². The first kappa shape index (κ1) is 17.7. The van der Waals surface area contributed by atoms with Crippen molar-refractivity contribution in [1.82, 2.24) is 5.32 Å². The number of aliphatic hydroxyl groups is 1. The lowest BCUT2D eigenvalue weighted by Crippen LogP contribution is -2.33. The minimum absolute atomic E-state index is 0.0477. The van der Waals surface area contributed by atoms with Crippen molar-refractivity contribution in [3.05, 3.63) is 0 Å². The molecule has 0 saturated carbocycles. The van der Waals surface area contributed by atoms with E-state index >= 15 is 0 Å². The highest BCUT2D eigenvalue weighted by molar-refractivity contribution is 5.72. The van der Waals surface area contributed by atoms with E-state index in [0.717, 1.165) is 0 Å². The molecule has 19 heavy (non-hydrogen) atoms. The van der Waals surface area contributed by atoms with Crippen molar-refractivity contribution < 1.29 is 24.2 Å². The number of ether oxygens (including phenoxy) is 2. The minimum Gasteiger partial charge on any atom is -0.425 e. The number of hydrogen-bond acceptors (Lipinski definition) is 5. The third-order valence-electron chi connectivity index (χ3n) is 2.53. The second kappa shape index (κ2) is 7.99. The largest absolute Gasteiger partial charge is 0.425 e. The van der Waals surface area contributed by atoms with Crippen LogP contribution >= 0.6 is 0 Å². The maximum Gasteiger partial charge on any atom is 0.410 e. The van der Waals surface area contributed by atoms with Crippen molar-refractivity contribution in [2.45, 2.75) is 47.3 Å². The average molecular weight is 275 g/mol. The monoisotopic (exact) mass is 275 g/mol. The Morgan fingerprint density at radius 2 is 1.79 bits per heavy atom. The number of amides is 1. The summed E-state index contributed by atoms with van der Waals surface area (Å²) in [6.45, 7) is 9.11. The van der Waals surface area contributed by atoms with E-state index in [1.807, 2.05) is 13.8 Å². The molecule has 0 aromatic carbocycles. The molecule has 1 atom stereocenters. The molecule has 0 radical (unpaired) electrons. The highest BCUT2D eigenvalue weighted by Crippen LogP contribution is 2.17. The molecule has 2 N–H and O–H groups in total. The number of hydrogen-bond donors (Lipinski definition) is 2. The molecule has 0 aromatic rings. The van der Waals surface area contributed by atoms with Gasteiger partial charge in [-0.15, -0.1) is 0 Å². The topological polar surface area (TPSA) is 84.9 Å². The van der Waals surface area contributed by atoms with E-state index in [2.05, 4.69) is 5.32 Å². The van der Waals surface area contributed by atoms with Gasteiger partial charge in [-0.1, -0.05) is 27.7 Å². The normalized spacial score (nSPS) is 13.0. The molecular weight excluding hydrogens is 250 g/mol. The van der Waals surface area contributed by atoms with Gasteiger partial charge in [0.15, 0.2) is 0 Å². The molecule has 6 nitrogen and oxygen atoms in total. The zero-order valence-corrected chi connectivity index (χ0v) is 12.4. The van der Waals surface area contributed by atoms with Crippen molar-refractivity contribution in [2.75, 3.05) is 13.2 Å². The molecule has 0 spiro atoms. The summed E-state index contributed by atoms with van der Waals surface area (Å²) in [5.74, 6) is -0.679. The fraction of sp³-hybridized carbons (Fsp3) is 0.846. The fourth-order valence-electron chi connectivity index (χ4n) is 1.10. The molecule has 0 fully saturated rings. The molecule has 0 saturated heterocycles. The SMILES string of the molecule is CC(OC(=O)NCCC(C)(C)CO)OC(=O)C(C)C. The number of carbonyl (C=O) groups is 2. The van der Waals surface area contributed by atoms with E-state index in [1.165, 1.54) is 6.92 Å². The number of rotatable bonds is 7. The first-order valence-electron chi connectivity index (χ1n) is 6.44. The Labute approximate surface area is 114 Å². The number of carbonyl (C=O) groups excluding carboxylic acids is 2. The first-order chi connectivity index (χ1) is 8.68. The summed E-state index contributed by atoms with van der Waals surface area (Å²) in [7, 11) is 0. The van der Waals surface area contributed by atoms with Crippen molar-refractivity contribution in [1.29, 1.82) is 0 Å². The predicted molar refractivity (Wildman–Crippen MR) is 70.4 cm³/mol. The maximum atomic E-state index is 11.4. The lowest BCUT2D eigenvalue weighted by molar-refractivity contribution is -0.168. The summed E-state index contributed by atoms with van der Waals surface area (Å²) in [6.07, 6.45) is -0.933. The zero-order valence-electron chi connectivity index (χ0n) is 12.4. The van der Waals surface area contributed by atoms with Gasteiger partial charge in [-0.3, -0.25) is 4.79 Å². The second-order valence-corrected chi connectivity index (χ2v) is 5.56. The van der Waals surface area contributed by atoms with Gasteiger partial charge in [0.2, 0.25) is 6.29 Å².